The zero-order valence-corrected chi connectivity index (χ0v) is 12.8. The quantitative estimate of drug-likeness (QED) is 0.250. The van der Waals surface area contributed by atoms with Crippen LogP contribution in [0, 0.1) is 0 Å². The Labute approximate surface area is 140 Å². The average molecular weight is 360 g/mol. The highest BCUT2D eigenvalue weighted by Crippen LogP contribution is 2.35. The van der Waals surface area contributed by atoms with E-state index in [2.05, 4.69) is 4.74 Å². The normalized spacial score (nSPS) is 14.2. The smallest absolute Gasteiger partial charge is 0.347 e. The number of hydrogen-bond donors (Lipinski definition) is 6. The second-order valence-corrected chi connectivity index (χ2v) is 4.87. The van der Waals surface area contributed by atoms with Crippen LogP contribution in [-0.2, 0) is 19.1 Å². The van der Waals surface area contributed by atoms with Gasteiger partial charge in [-0.25, -0.2) is 14.4 Å². The van der Waals surface area contributed by atoms with Gasteiger partial charge in [0.1, 0.15) is 0 Å². The van der Waals surface area contributed by atoms with Crippen LogP contribution in [0.1, 0.15) is 16.8 Å². The molecule has 0 aliphatic rings. The highest BCUT2D eigenvalue weighted by molar-refractivity contribution is 5.92. The lowest BCUT2D eigenvalue weighted by Crippen LogP contribution is -2.40. The summed E-state index contributed by atoms with van der Waals surface area (Å²) < 4.78 is 9.12. The van der Waals surface area contributed by atoms with E-state index in [9.17, 15) is 39.9 Å². The fourth-order valence-electron chi connectivity index (χ4n) is 1.76. The molecule has 11 heteroatoms. The molecule has 1 aromatic carbocycles. The molecule has 0 heterocycles. The highest BCUT2D eigenvalue weighted by Gasteiger charge is 2.33. The first-order chi connectivity index (χ1) is 11.6. The number of carbonyl (C=O) groups excluding carboxylic acids is 2. The van der Waals surface area contributed by atoms with Crippen LogP contribution in [0.25, 0.3) is 0 Å². The van der Waals surface area contributed by atoms with E-state index in [1.54, 1.807) is 0 Å². The molecular formula is C14H16O11. The Morgan fingerprint density at radius 3 is 2.04 bits per heavy atom. The lowest BCUT2D eigenvalue weighted by molar-refractivity contribution is -0.160. The molecule has 0 saturated carbocycles. The summed E-state index contributed by atoms with van der Waals surface area (Å²) in [5, 5.41) is 55.3. The molecule has 6 N–H and O–H groups in total. The monoisotopic (exact) mass is 360 g/mol. The van der Waals surface area contributed by atoms with Crippen LogP contribution in [0.2, 0.25) is 0 Å². The van der Waals surface area contributed by atoms with Crippen molar-refractivity contribution in [2.24, 2.45) is 0 Å². The van der Waals surface area contributed by atoms with E-state index in [0.29, 0.717) is 0 Å². The van der Waals surface area contributed by atoms with Gasteiger partial charge in [-0.3, -0.25) is 0 Å². The van der Waals surface area contributed by atoms with Crippen LogP contribution >= 0.6 is 0 Å². The Morgan fingerprint density at radius 2 is 1.60 bits per heavy atom. The Balaban J connectivity index is 2.97. The summed E-state index contributed by atoms with van der Waals surface area (Å²) in [5.74, 6) is -6.68. The third-order valence-electron chi connectivity index (χ3n) is 3.09. The number of aliphatic hydroxyl groups excluding tert-OH is 2. The molecule has 0 radical (unpaired) electrons. The van der Waals surface area contributed by atoms with Gasteiger partial charge in [0.05, 0.1) is 18.8 Å². The van der Waals surface area contributed by atoms with E-state index in [4.69, 9.17) is 9.84 Å². The van der Waals surface area contributed by atoms with E-state index in [-0.39, 0.29) is 0 Å². The minimum Gasteiger partial charge on any atom is -0.504 e. The van der Waals surface area contributed by atoms with E-state index in [1.165, 1.54) is 0 Å². The van der Waals surface area contributed by atoms with Crippen molar-refractivity contribution in [3.63, 3.8) is 0 Å². The number of carboxylic acids is 1. The van der Waals surface area contributed by atoms with Crippen molar-refractivity contribution in [1.82, 2.24) is 0 Å². The maximum absolute atomic E-state index is 12.0. The standard InChI is InChI=1S/C14H16O11/c1-24-14(23)9(4-8(17)11(19)12(20)21)25-13(22)5-2-6(15)10(18)7(16)3-5/h2-3,8-9,11,15-19H,4H2,1H3,(H,20,21). The van der Waals surface area contributed by atoms with Crippen LogP contribution in [0.4, 0.5) is 0 Å². The molecule has 0 spiro atoms. The number of aromatic hydroxyl groups is 3. The third kappa shape index (κ3) is 4.96. The predicted molar refractivity (Wildman–Crippen MR) is 76.9 cm³/mol. The van der Waals surface area contributed by atoms with Gasteiger partial charge in [0.25, 0.3) is 0 Å². The molecule has 1 aromatic rings. The van der Waals surface area contributed by atoms with E-state index in [1.807, 2.05) is 0 Å². The number of esters is 2. The zero-order valence-electron chi connectivity index (χ0n) is 12.8. The van der Waals surface area contributed by atoms with Gasteiger partial charge in [0.2, 0.25) is 6.10 Å². The Bertz CT molecular complexity index is 646. The number of methoxy groups -OCH3 is 1. The number of aliphatic hydroxyl groups is 2. The van der Waals surface area contributed by atoms with Gasteiger partial charge >= 0.3 is 17.9 Å². The predicted octanol–water partition coefficient (Wildman–Crippen LogP) is -1.30. The zero-order chi connectivity index (χ0) is 19.3. The fourth-order valence-corrected chi connectivity index (χ4v) is 1.76. The van der Waals surface area contributed by atoms with Crippen LogP contribution in [0.5, 0.6) is 17.2 Å². The molecular weight excluding hydrogens is 344 g/mol. The van der Waals surface area contributed by atoms with Crippen LogP contribution in [0.15, 0.2) is 12.1 Å². The molecule has 0 aliphatic carbocycles. The van der Waals surface area contributed by atoms with Gasteiger partial charge in [-0.15, -0.1) is 0 Å². The Kier molecular flexibility index (Phi) is 6.53. The number of ether oxygens (including phenoxy) is 2. The van der Waals surface area contributed by atoms with Crippen molar-refractivity contribution in [2.75, 3.05) is 7.11 Å². The second kappa shape index (κ2) is 8.17. The first-order valence-corrected chi connectivity index (χ1v) is 6.71. The summed E-state index contributed by atoms with van der Waals surface area (Å²) in [7, 11) is 0.946. The summed E-state index contributed by atoms with van der Waals surface area (Å²) in [6.45, 7) is 0. The molecule has 0 fully saturated rings. The van der Waals surface area contributed by atoms with Gasteiger partial charge in [0, 0.05) is 6.42 Å². The molecule has 3 unspecified atom stereocenters. The van der Waals surface area contributed by atoms with Gasteiger partial charge in [0.15, 0.2) is 23.4 Å². The number of hydrogen-bond acceptors (Lipinski definition) is 10. The first kappa shape index (κ1) is 20.0. The molecule has 3 atom stereocenters. The molecule has 138 valence electrons. The van der Waals surface area contributed by atoms with E-state index in [0.717, 1.165) is 19.2 Å². The van der Waals surface area contributed by atoms with E-state index >= 15 is 0 Å². The Hall–Kier alpha value is -3.05. The van der Waals surface area contributed by atoms with Gasteiger partial charge < -0.3 is 40.1 Å². The third-order valence-corrected chi connectivity index (χ3v) is 3.09. The van der Waals surface area contributed by atoms with Crippen LogP contribution in [-0.4, -0.2) is 74.0 Å². The van der Waals surface area contributed by atoms with Gasteiger partial charge in [-0.05, 0) is 12.1 Å². The maximum atomic E-state index is 12.0. The Morgan fingerprint density at radius 1 is 1.08 bits per heavy atom. The maximum Gasteiger partial charge on any atom is 0.347 e. The summed E-state index contributed by atoms with van der Waals surface area (Å²) in [6.07, 6.45) is -6.75. The SMILES string of the molecule is COC(=O)C(CC(O)C(O)C(=O)O)OC(=O)c1cc(O)c(O)c(O)c1. The summed E-state index contributed by atoms with van der Waals surface area (Å²) >= 11 is 0. The minimum absolute atomic E-state index is 0.449. The minimum atomic E-state index is -2.23. The van der Waals surface area contributed by atoms with Crippen LogP contribution in [0.3, 0.4) is 0 Å². The number of aliphatic carboxylic acids is 1. The molecule has 1 rings (SSSR count). The summed E-state index contributed by atoms with van der Waals surface area (Å²) in [5.41, 5.74) is -0.449. The molecule has 25 heavy (non-hydrogen) atoms. The topological polar surface area (TPSA) is 191 Å². The second-order valence-electron chi connectivity index (χ2n) is 4.87. The number of phenols is 3. The number of carbonyl (C=O) groups is 3. The van der Waals surface area contributed by atoms with Crippen molar-refractivity contribution < 1.29 is 54.5 Å². The van der Waals surface area contributed by atoms with E-state index < -0.39 is 65.5 Å². The van der Waals surface area contributed by atoms with Crippen molar-refractivity contribution >= 4 is 17.9 Å². The van der Waals surface area contributed by atoms with Crippen LogP contribution < -0.4 is 0 Å². The van der Waals surface area contributed by atoms with Crippen molar-refractivity contribution in [3.05, 3.63) is 17.7 Å². The molecule has 11 nitrogen and oxygen atoms in total. The largest absolute Gasteiger partial charge is 0.504 e. The molecule has 0 aromatic heterocycles. The number of phenolic OH excluding ortho intramolecular Hbond substituents is 3. The molecule has 0 bridgehead atoms. The van der Waals surface area contributed by atoms with Gasteiger partial charge in [-0.2, -0.15) is 0 Å². The fraction of sp³-hybridized carbons (Fsp3) is 0.357. The molecule has 0 saturated heterocycles. The first-order valence-electron chi connectivity index (χ1n) is 6.71. The summed E-state index contributed by atoms with van der Waals surface area (Å²) in [6, 6.07) is 1.49. The lowest BCUT2D eigenvalue weighted by Gasteiger charge is -2.20. The van der Waals surface area contributed by atoms with Crippen molar-refractivity contribution in [3.8, 4) is 17.2 Å². The van der Waals surface area contributed by atoms with Crippen molar-refractivity contribution in [2.45, 2.75) is 24.7 Å². The molecule has 0 aliphatic heterocycles. The number of benzene rings is 1. The average Bonchev–Trinajstić information content (AvgIpc) is 2.56. The lowest BCUT2D eigenvalue weighted by atomic mass is 10.1. The highest BCUT2D eigenvalue weighted by atomic mass is 16.6. The number of rotatable bonds is 7. The van der Waals surface area contributed by atoms with Crippen molar-refractivity contribution in [1.29, 1.82) is 0 Å². The van der Waals surface area contributed by atoms with Gasteiger partial charge in [-0.1, -0.05) is 0 Å². The summed E-state index contributed by atoms with van der Waals surface area (Å²) in [4.78, 5) is 34.2. The number of carboxylic acid groups (broad SMARTS) is 1. The molecule has 0 amide bonds.